The van der Waals surface area contributed by atoms with Crippen molar-refractivity contribution in [2.45, 2.75) is 58.7 Å². The largest absolute Gasteiger partial charge is 0.461 e. The molecule has 0 radical (unpaired) electrons. The van der Waals surface area contributed by atoms with E-state index in [9.17, 15) is 19.2 Å². The summed E-state index contributed by atoms with van der Waals surface area (Å²) in [4.78, 5) is 47.4. The molecule has 1 aliphatic heterocycles. The van der Waals surface area contributed by atoms with Crippen LogP contribution in [0, 0.1) is 11.8 Å². The van der Waals surface area contributed by atoms with Gasteiger partial charge in [0.25, 0.3) is 0 Å². The van der Waals surface area contributed by atoms with Crippen LogP contribution >= 0.6 is 0 Å². The summed E-state index contributed by atoms with van der Waals surface area (Å²) in [5, 5.41) is 0. The Morgan fingerprint density at radius 3 is 2.76 bits per heavy atom. The molecule has 0 aromatic rings. The fraction of sp³-hybridized carbons (Fsp3) is 0.545. The van der Waals surface area contributed by atoms with Crippen molar-refractivity contribution in [3.05, 3.63) is 35.5 Å². The minimum Gasteiger partial charge on any atom is -0.461 e. The predicted octanol–water partition coefficient (Wildman–Crippen LogP) is 2.84. The van der Waals surface area contributed by atoms with E-state index < -0.39 is 36.0 Å². The third kappa shape index (κ3) is 5.89. The Bertz CT molecular complexity index is 746. The molecule has 0 bridgehead atoms. The standard InChI is InChI=1S/C22H28O7/c1-5-13(2)21(25)28-18-9-16(11-23)7-6-8-17(12-27-15(4)24)10-19-20(18)14(3)22(26)29-19/h7,10-11,13,18-20H,3,5-6,8-9,12H2,1-2,4H3/b16-7+,17-10+/t13-,18+,19+,20+/m0/s1. The van der Waals surface area contributed by atoms with Crippen LogP contribution in [0.2, 0.25) is 0 Å². The lowest BCUT2D eigenvalue weighted by Gasteiger charge is -2.28. The second-order valence-electron chi connectivity index (χ2n) is 7.45. The van der Waals surface area contributed by atoms with Crippen LogP contribution in [0.4, 0.5) is 0 Å². The Kier molecular flexibility index (Phi) is 7.93. The van der Waals surface area contributed by atoms with Crippen molar-refractivity contribution in [1.29, 1.82) is 0 Å². The molecule has 7 nitrogen and oxygen atoms in total. The number of aldehydes is 1. The van der Waals surface area contributed by atoms with Crippen molar-refractivity contribution < 1.29 is 33.4 Å². The number of allylic oxidation sites excluding steroid dienone is 1. The van der Waals surface area contributed by atoms with Crippen LogP contribution < -0.4 is 0 Å². The summed E-state index contributed by atoms with van der Waals surface area (Å²) in [5.41, 5.74) is 1.44. The third-order valence-corrected chi connectivity index (χ3v) is 5.27. The van der Waals surface area contributed by atoms with E-state index in [1.807, 2.05) is 6.92 Å². The summed E-state index contributed by atoms with van der Waals surface area (Å²) in [5.74, 6) is -2.31. The molecule has 0 aromatic heterocycles. The maximum Gasteiger partial charge on any atom is 0.334 e. The van der Waals surface area contributed by atoms with Crippen molar-refractivity contribution in [1.82, 2.24) is 0 Å². The van der Waals surface area contributed by atoms with Crippen molar-refractivity contribution >= 4 is 24.2 Å². The first-order chi connectivity index (χ1) is 13.8. The summed E-state index contributed by atoms with van der Waals surface area (Å²) in [6, 6.07) is 0. The predicted molar refractivity (Wildman–Crippen MR) is 105 cm³/mol. The van der Waals surface area contributed by atoms with E-state index in [1.54, 1.807) is 19.1 Å². The highest BCUT2D eigenvalue weighted by atomic mass is 16.6. The van der Waals surface area contributed by atoms with E-state index >= 15 is 0 Å². The lowest BCUT2D eigenvalue weighted by atomic mass is 9.85. The van der Waals surface area contributed by atoms with Gasteiger partial charge in [0.05, 0.1) is 11.8 Å². The van der Waals surface area contributed by atoms with Gasteiger partial charge in [0.1, 0.15) is 25.1 Å². The van der Waals surface area contributed by atoms with E-state index in [2.05, 4.69) is 6.58 Å². The summed E-state index contributed by atoms with van der Waals surface area (Å²) in [6.07, 6.45) is 4.65. The van der Waals surface area contributed by atoms with Gasteiger partial charge < -0.3 is 14.2 Å². The lowest BCUT2D eigenvalue weighted by molar-refractivity contribution is -0.156. The number of carbonyl (C=O) groups excluding carboxylic acids is 4. The molecule has 0 saturated carbocycles. The molecule has 0 aromatic carbocycles. The maximum absolute atomic E-state index is 12.4. The third-order valence-electron chi connectivity index (χ3n) is 5.27. The van der Waals surface area contributed by atoms with Gasteiger partial charge in [-0.25, -0.2) is 4.79 Å². The van der Waals surface area contributed by atoms with Gasteiger partial charge in [0.2, 0.25) is 0 Å². The van der Waals surface area contributed by atoms with Crippen LogP contribution in [0.5, 0.6) is 0 Å². The zero-order valence-corrected chi connectivity index (χ0v) is 17.1. The zero-order chi connectivity index (χ0) is 21.6. The average Bonchev–Trinajstić information content (AvgIpc) is 2.96. The minimum absolute atomic E-state index is 0.0597. The van der Waals surface area contributed by atoms with Gasteiger partial charge in [-0.1, -0.05) is 26.5 Å². The highest BCUT2D eigenvalue weighted by Gasteiger charge is 2.45. The number of ether oxygens (including phenoxy) is 3. The van der Waals surface area contributed by atoms with Gasteiger partial charge in [-0.05, 0) is 36.5 Å². The molecule has 29 heavy (non-hydrogen) atoms. The second-order valence-corrected chi connectivity index (χ2v) is 7.45. The number of rotatable bonds is 6. The summed E-state index contributed by atoms with van der Waals surface area (Å²) in [6.45, 7) is 8.85. The van der Waals surface area contributed by atoms with E-state index in [1.165, 1.54) is 6.92 Å². The molecule has 0 N–H and O–H groups in total. The molecule has 2 aliphatic rings. The maximum atomic E-state index is 12.4. The molecule has 4 atom stereocenters. The molecule has 1 heterocycles. The van der Waals surface area contributed by atoms with E-state index in [0.717, 1.165) is 11.9 Å². The lowest BCUT2D eigenvalue weighted by Crippen LogP contribution is -2.35. The van der Waals surface area contributed by atoms with Crippen molar-refractivity contribution in [2.75, 3.05) is 6.61 Å². The Morgan fingerprint density at radius 2 is 2.14 bits per heavy atom. The fourth-order valence-corrected chi connectivity index (χ4v) is 3.34. The van der Waals surface area contributed by atoms with Crippen LogP contribution in [0.25, 0.3) is 0 Å². The number of esters is 3. The smallest absolute Gasteiger partial charge is 0.334 e. The molecule has 7 heteroatoms. The first-order valence-corrected chi connectivity index (χ1v) is 9.84. The minimum atomic E-state index is -0.763. The van der Waals surface area contributed by atoms with Crippen LogP contribution in [-0.2, 0) is 33.4 Å². The first-order valence-electron chi connectivity index (χ1n) is 9.84. The number of hydrogen-bond donors (Lipinski definition) is 0. The quantitative estimate of drug-likeness (QED) is 0.221. The molecule has 1 aliphatic carbocycles. The SMILES string of the molecule is C=C1C(=O)O[C@@H]2/C=C(/COC(C)=O)CC/C=C(/C=O)C[C@@H](OC(=O)[C@@H](C)CC)[C@@H]12. The Morgan fingerprint density at radius 1 is 1.41 bits per heavy atom. The monoisotopic (exact) mass is 404 g/mol. The van der Waals surface area contributed by atoms with Crippen LogP contribution in [0.3, 0.4) is 0 Å². The van der Waals surface area contributed by atoms with Crippen LogP contribution in [0.15, 0.2) is 35.5 Å². The number of hydrogen-bond acceptors (Lipinski definition) is 7. The Hall–Kier alpha value is -2.70. The number of carbonyl (C=O) groups is 4. The van der Waals surface area contributed by atoms with Gasteiger partial charge in [0, 0.05) is 18.9 Å². The normalized spacial score (nSPS) is 29.3. The highest BCUT2D eigenvalue weighted by molar-refractivity contribution is 5.91. The molecule has 0 amide bonds. The zero-order valence-electron chi connectivity index (χ0n) is 17.1. The van der Waals surface area contributed by atoms with Gasteiger partial charge in [-0.2, -0.15) is 0 Å². The summed E-state index contributed by atoms with van der Waals surface area (Å²) in [7, 11) is 0. The molecule has 0 unspecified atom stereocenters. The van der Waals surface area contributed by atoms with Crippen LogP contribution in [0.1, 0.15) is 46.5 Å². The molecule has 0 spiro atoms. The molecule has 1 saturated heterocycles. The molecular formula is C22H28O7. The molecule has 2 rings (SSSR count). The summed E-state index contributed by atoms with van der Waals surface area (Å²) >= 11 is 0. The topological polar surface area (TPSA) is 96.0 Å². The second kappa shape index (κ2) is 10.2. The Balaban J connectivity index is 2.41. The fourth-order valence-electron chi connectivity index (χ4n) is 3.34. The van der Waals surface area contributed by atoms with Gasteiger partial charge >= 0.3 is 17.9 Å². The van der Waals surface area contributed by atoms with E-state index in [0.29, 0.717) is 24.8 Å². The molecule has 158 valence electrons. The van der Waals surface area contributed by atoms with Crippen molar-refractivity contribution in [3.8, 4) is 0 Å². The van der Waals surface area contributed by atoms with Gasteiger partial charge in [-0.15, -0.1) is 0 Å². The van der Waals surface area contributed by atoms with Crippen LogP contribution in [-0.4, -0.2) is 43.0 Å². The highest BCUT2D eigenvalue weighted by Crippen LogP contribution is 2.36. The summed E-state index contributed by atoms with van der Waals surface area (Å²) < 4.78 is 16.3. The van der Waals surface area contributed by atoms with Gasteiger partial charge in [0.15, 0.2) is 0 Å². The molecule has 1 fully saturated rings. The average molecular weight is 404 g/mol. The van der Waals surface area contributed by atoms with E-state index in [-0.39, 0.29) is 24.5 Å². The first kappa shape index (κ1) is 22.6. The van der Waals surface area contributed by atoms with Gasteiger partial charge in [-0.3, -0.25) is 14.4 Å². The van der Waals surface area contributed by atoms with Crippen molar-refractivity contribution in [2.24, 2.45) is 11.8 Å². The Labute approximate surface area is 170 Å². The van der Waals surface area contributed by atoms with E-state index in [4.69, 9.17) is 14.2 Å². The van der Waals surface area contributed by atoms with Crippen molar-refractivity contribution in [3.63, 3.8) is 0 Å². The number of fused-ring (bicyclic) bond motifs is 1. The molecular weight excluding hydrogens is 376 g/mol.